The Balaban J connectivity index is 2.09. The van der Waals surface area contributed by atoms with Gasteiger partial charge in [-0.15, -0.1) is 6.42 Å². The summed E-state index contributed by atoms with van der Waals surface area (Å²) >= 11 is 0. The second kappa shape index (κ2) is 9.86. The SMILES string of the molecule is C#CCN1C(=O)COc2cc(F)c(N(C(C)=O)C(=O)C3=C(C(=O)OC(C)C)CCCC3)cc21. The Hall–Kier alpha value is -3.67. The van der Waals surface area contributed by atoms with Crippen molar-refractivity contribution in [3.05, 3.63) is 29.1 Å². The first-order chi connectivity index (χ1) is 15.6. The van der Waals surface area contributed by atoms with Gasteiger partial charge in [0, 0.05) is 24.1 Å². The van der Waals surface area contributed by atoms with E-state index in [9.17, 15) is 19.2 Å². The molecule has 2 aliphatic rings. The number of carbonyl (C=O) groups is 4. The lowest BCUT2D eigenvalue weighted by atomic mass is 9.90. The van der Waals surface area contributed by atoms with Crippen LogP contribution in [0.4, 0.5) is 15.8 Å². The van der Waals surface area contributed by atoms with Crippen molar-refractivity contribution in [3.8, 4) is 18.1 Å². The number of benzene rings is 1. The Morgan fingerprint density at radius 1 is 1.24 bits per heavy atom. The zero-order valence-corrected chi connectivity index (χ0v) is 18.8. The van der Waals surface area contributed by atoms with Gasteiger partial charge in [0.15, 0.2) is 12.4 Å². The average Bonchev–Trinajstić information content (AvgIpc) is 2.76. The fourth-order valence-corrected chi connectivity index (χ4v) is 3.86. The summed E-state index contributed by atoms with van der Waals surface area (Å²) in [5, 5.41) is 0. The van der Waals surface area contributed by atoms with Crippen LogP contribution in [0.25, 0.3) is 0 Å². The predicted molar refractivity (Wildman–Crippen MR) is 118 cm³/mol. The van der Waals surface area contributed by atoms with Crippen LogP contribution in [-0.2, 0) is 23.9 Å². The molecule has 0 spiro atoms. The number of carbonyl (C=O) groups excluding carboxylic acids is 4. The van der Waals surface area contributed by atoms with E-state index in [4.69, 9.17) is 15.9 Å². The highest BCUT2D eigenvalue weighted by atomic mass is 19.1. The van der Waals surface area contributed by atoms with Crippen molar-refractivity contribution in [1.29, 1.82) is 0 Å². The van der Waals surface area contributed by atoms with Crippen LogP contribution < -0.4 is 14.5 Å². The zero-order chi connectivity index (χ0) is 24.3. The van der Waals surface area contributed by atoms with Crippen LogP contribution in [0.3, 0.4) is 0 Å². The quantitative estimate of drug-likeness (QED) is 0.500. The van der Waals surface area contributed by atoms with Crippen LogP contribution in [0.15, 0.2) is 23.3 Å². The molecule has 1 aromatic rings. The number of terminal acetylenes is 1. The van der Waals surface area contributed by atoms with E-state index in [0.29, 0.717) is 24.2 Å². The molecule has 0 unspecified atom stereocenters. The van der Waals surface area contributed by atoms with Crippen molar-refractivity contribution >= 4 is 35.1 Å². The maximum absolute atomic E-state index is 15.1. The molecule has 3 rings (SSSR count). The van der Waals surface area contributed by atoms with Crippen LogP contribution in [0.2, 0.25) is 0 Å². The summed E-state index contributed by atoms with van der Waals surface area (Å²) in [5.41, 5.74) is 0.0991. The Labute approximate surface area is 191 Å². The van der Waals surface area contributed by atoms with Crippen molar-refractivity contribution in [2.24, 2.45) is 0 Å². The van der Waals surface area contributed by atoms with E-state index in [0.717, 1.165) is 13.0 Å². The number of esters is 1. The molecule has 0 atom stereocenters. The van der Waals surface area contributed by atoms with Gasteiger partial charge in [-0.2, -0.15) is 0 Å². The average molecular weight is 456 g/mol. The molecule has 33 heavy (non-hydrogen) atoms. The van der Waals surface area contributed by atoms with Crippen molar-refractivity contribution in [1.82, 2.24) is 0 Å². The summed E-state index contributed by atoms with van der Waals surface area (Å²) in [6.45, 7) is 4.10. The van der Waals surface area contributed by atoms with Gasteiger partial charge in [0.2, 0.25) is 5.91 Å². The first-order valence-electron chi connectivity index (χ1n) is 10.6. The highest BCUT2D eigenvalue weighted by molar-refractivity contribution is 6.22. The zero-order valence-electron chi connectivity index (χ0n) is 18.8. The largest absolute Gasteiger partial charge is 0.481 e. The standard InChI is InChI=1S/C24H25FN2O6/c1-5-10-26-20-12-19(18(25)11-21(20)32-13-22(26)29)27(15(4)28)23(30)16-8-6-7-9-17(16)24(31)33-14(2)3/h1,11-12,14H,6-10,13H2,2-4H3. The maximum Gasteiger partial charge on any atom is 0.334 e. The molecule has 1 aromatic carbocycles. The fraction of sp³-hybridized carbons (Fsp3) is 0.417. The third-order valence-corrected chi connectivity index (χ3v) is 5.29. The normalized spacial score (nSPS) is 15.5. The summed E-state index contributed by atoms with van der Waals surface area (Å²) in [5.74, 6) is -1.08. The maximum atomic E-state index is 15.1. The lowest BCUT2D eigenvalue weighted by molar-refractivity contribution is -0.143. The molecule has 174 valence electrons. The topological polar surface area (TPSA) is 93.2 Å². The van der Waals surface area contributed by atoms with Crippen LogP contribution in [0.5, 0.6) is 5.75 Å². The minimum Gasteiger partial charge on any atom is -0.481 e. The van der Waals surface area contributed by atoms with Crippen molar-refractivity contribution in [3.63, 3.8) is 0 Å². The summed E-state index contributed by atoms with van der Waals surface area (Å²) in [6, 6.07) is 2.20. The number of ether oxygens (including phenoxy) is 2. The van der Waals surface area contributed by atoms with E-state index in [1.165, 1.54) is 11.0 Å². The van der Waals surface area contributed by atoms with Crippen LogP contribution in [-0.4, -0.2) is 42.9 Å². The molecule has 0 radical (unpaired) electrons. The first kappa shape index (κ1) is 24.0. The fourth-order valence-electron chi connectivity index (χ4n) is 3.86. The summed E-state index contributed by atoms with van der Waals surface area (Å²) < 4.78 is 25.6. The molecule has 0 saturated heterocycles. The molecule has 1 aliphatic heterocycles. The lowest BCUT2D eigenvalue weighted by Gasteiger charge is -2.30. The Kier molecular flexibility index (Phi) is 7.16. The molecule has 1 aliphatic carbocycles. The minimum atomic E-state index is -0.893. The van der Waals surface area contributed by atoms with Gasteiger partial charge in [-0.1, -0.05) is 5.92 Å². The number of nitrogens with zero attached hydrogens (tertiary/aromatic N) is 2. The molecule has 0 saturated carbocycles. The highest BCUT2D eigenvalue weighted by Gasteiger charge is 2.34. The Bertz CT molecular complexity index is 1090. The van der Waals surface area contributed by atoms with Crippen LogP contribution >= 0.6 is 0 Å². The smallest absolute Gasteiger partial charge is 0.334 e. The van der Waals surface area contributed by atoms with Crippen molar-refractivity contribution in [2.45, 2.75) is 52.6 Å². The molecule has 0 fully saturated rings. The molecule has 0 bridgehead atoms. The third-order valence-electron chi connectivity index (χ3n) is 5.29. The number of hydrogen-bond donors (Lipinski definition) is 0. The van der Waals surface area contributed by atoms with Gasteiger partial charge in [0.25, 0.3) is 11.8 Å². The van der Waals surface area contributed by atoms with Gasteiger partial charge in [0.1, 0.15) is 5.75 Å². The van der Waals surface area contributed by atoms with E-state index in [-0.39, 0.29) is 53.9 Å². The van der Waals surface area contributed by atoms with Crippen molar-refractivity contribution < 1.29 is 33.0 Å². The van der Waals surface area contributed by atoms with Gasteiger partial charge in [-0.25, -0.2) is 14.1 Å². The van der Waals surface area contributed by atoms with E-state index in [1.54, 1.807) is 13.8 Å². The minimum absolute atomic E-state index is 0.0696. The first-order valence-corrected chi connectivity index (χ1v) is 10.6. The molecular weight excluding hydrogens is 431 g/mol. The number of anilines is 2. The number of rotatable bonds is 5. The number of imide groups is 1. The van der Waals surface area contributed by atoms with Crippen molar-refractivity contribution in [2.75, 3.05) is 23.0 Å². The van der Waals surface area contributed by atoms with Crippen LogP contribution in [0.1, 0.15) is 46.5 Å². The Morgan fingerprint density at radius 2 is 1.91 bits per heavy atom. The van der Waals surface area contributed by atoms with E-state index in [1.807, 2.05) is 0 Å². The molecule has 8 nitrogen and oxygen atoms in total. The summed E-state index contributed by atoms with van der Waals surface area (Å²) in [7, 11) is 0. The Morgan fingerprint density at radius 3 is 2.52 bits per heavy atom. The monoisotopic (exact) mass is 456 g/mol. The number of hydrogen-bond acceptors (Lipinski definition) is 6. The van der Waals surface area contributed by atoms with Gasteiger partial charge in [-0.3, -0.25) is 19.3 Å². The number of amides is 3. The van der Waals surface area contributed by atoms with E-state index < -0.39 is 29.5 Å². The molecule has 9 heteroatoms. The molecular formula is C24H25FN2O6. The van der Waals surface area contributed by atoms with Crippen LogP contribution in [0, 0.1) is 18.2 Å². The lowest BCUT2D eigenvalue weighted by Crippen LogP contribution is -2.41. The second-order valence-corrected chi connectivity index (χ2v) is 8.02. The molecule has 1 heterocycles. The van der Waals surface area contributed by atoms with E-state index >= 15 is 4.39 Å². The summed E-state index contributed by atoms with van der Waals surface area (Å²) in [6.07, 6.45) is 6.86. The predicted octanol–water partition coefficient (Wildman–Crippen LogP) is 2.89. The van der Waals surface area contributed by atoms with E-state index in [2.05, 4.69) is 5.92 Å². The molecule has 0 N–H and O–H groups in total. The third kappa shape index (κ3) is 4.90. The van der Waals surface area contributed by atoms with Gasteiger partial charge in [0.05, 0.1) is 24.0 Å². The van der Waals surface area contributed by atoms with Gasteiger partial charge >= 0.3 is 5.97 Å². The van der Waals surface area contributed by atoms with Gasteiger partial charge in [-0.05, 0) is 45.6 Å². The molecule has 0 aromatic heterocycles. The summed E-state index contributed by atoms with van der Waals surface area (Å²) in [4.78, 5) is 52.7. The molecule has 3 amide bonds. The number of fused-ring (bicyclic) bond motifs is 1. The van der Waals surface area contributed by atoms with Gasteiger partial charge < -0.3 is 9.47 Å². The number of halogens is 1. The second-order valence-electron chi connectivity index (χ2n) is 8.02. The highest BCUT2D eigenvalue weighted by Crippen LogP contribution is 2.39.